The van der Waals surface area contributed by atoms with Crippen molar-refractivity contribution in [3.05, 3.63) is 0 Å². The Morgan fingerprint density at radius 1 is 1.75 bits per heavy atom. The second-order valence-corrected chi connectivity index (χ2v) is 3.20. The maximum absolute atomic E-state index is 10.9. The standard InChI is InChI=1S/C6H13NO2S2.HI/c1-7-5(3-4-11-2)6(8)9-10;/h5,7,10H,3-4H2,1-2H3;1H/q+1;/p-1. The molecule has 0 saturated carbocycles. The van der Waals surface area contributed by atoms with Crippen molar-refractivity contribution in [3.8, 4) is 0 Å². The number of likely N-dealkylation sites (N-methyl/N-ethyl adjacent to an activating group) is 1. The van der Waals surface area contributed by atoms with Gasteiger partial charge in [-0.15, -0.1) is 0 Å². The Balaban J connectivity index is 0. The van der Waals surface area contributed by atoms with E-state index in [-0.39, 0.29) is 36.0 Å². The van der Waals surface area contributed by atoms with Crippen LogP contribution in [0.25, 0.3) is 0 Å². The van der Waals surface area contributed by atoms with Gasteiger partial charge in [0.15, 0.2) is 0 Å². The van der Waals surface area contributed by atoms with Crippen molar-refractivity contribution in [2.45, 2.75) is 12.5 Å². The van der Waals surface area contributed by atoms with Crippen LogP contribution < -0.4 is 29.3 Å². The van der Waals surface area contributed by atoms with Crippen LogP contribution in [-0.4, -0.2) is 31.1 Å². The molecule has 0 saturated heterocycles. The molecule has 0 aromatic rings. The molecule has 0 aromatic heterocycles. The Kier molecular flexibility index (Phi) is 12.7. The molecule has 0 aliphatic heterocycles. The molecule has 6 heteroatoms. The number of thioether (sulfide) groups is 1. The van der Waals surface area contributed by atoms with E-state index in [2.05, 4.69) is 22.4 Å². The maximum Gasteiger partial charge on any atom is 0.444 e. The van der Waals surface area contributed by atoms with Crippen LogP contribution in [0.2, 0.25) is 0 Å². The molecule has 0 aliphatic rings. The molecular weight excluding hydrogens is 309 g/mol. The van der Waals surface area contributed by atoms with Gasteiger partial charge >= 0.3 is 18.9 Å². The van der Waals surface area contributed by atoms with Gasteiger partial charge in [-0.05, 0) is 25.5 Å². The van der Waals surface area contributed by atoms with Crippen LogP contribution in [0.5, 0.6) is 0 Å². The number of rotatable bonds is 5. The van der Waals surface area contributed by atoms with E-state index in [1.54, 1.807) is 18.8 Å². The van der Waals surface area contributed by atoms with Crippen molar-refractivity contribution in [2.24, 2.45) is 0 Å². The minimum Gasteiger partial charge on any atom is -1.00 e. The third-order valence-electron chi connectivity index (χ3n) is 1.33. The predicted octanol–water partition coefficient (Wildman–Crippen LogP) is -2.93. The third-order valence-corrected chi connectivity index (χ3v) is 2.16. The van der Waals surface area contributed by atoms with E-state index in [9.17, 15) is 4.79 Å². The first-order valence-electron chi connectivity index (χ1n) is 3.27. The maximum atomic E-state index is 10.9. The van der Waals surface area contributed by atoms with Crippen molar-refractivity contribution in [3.63, 3.8) is 0 Å². The van der Waals surface area contributed by atoms with E-state index in [1.165, 1.54) is 0 Å². The zero-order valence-electron chi connectivity index (χ0n) is 7.04. The molecule has 0 aromatic carbocycles. The van der Waals surface area contributed by atoms with E-state index in [4.69, 9.17) is 0 Å². The second-order valence-electron chi connectivity index (χ2n) is 2.03. The summed E-state index contributed by atoms with van der Waals surface area (Å²) in [7, 11) is 1.73. The van der Waals surface area contributed by atoms with Gasteiger partial charge in [-0.25, -0.2) is 4.79 Å². The van der Waals surface area contributed by atoms with Crippen LogP contribution in [0.1, 0.15) is 6.42 Å². The van der Waals surface area contributed by atoms with Crippen LogP contribution in [0.4, 0.5) is 0 Å². The Labute approximate surface area is 100 Å². The predicted molar refractivity (Wildman–Crippen MR) is 50.7 cm³/mol. The Morgan fingerprint density at radius 3 is 2.67 bits per heavy atom. The molecule has 73 valence electrons. The molecule has 1 atom stereocenters. The van der Waals surface area contributed by atoms with Crippen molar-refractivity contribution in [2.75, 3.05) is 19.1 Å². The van der Waals surface area contributed by atoms with E-state index in [0.29, 0.717) is 0 Å². The van der Waals surface area contributed by atoms with Crippen molar-refractivity contribution >= 4 is 30.6 Å². The van der Waals surface area contributed by atoms with Crippen LogP contribution in [0, 0.1) is 0 Å². The Morgan fingerprint density at radius 2 is 2.33 bits per heavy atom. The topological polar surface area (TPSA) is 38.3 Å². The second kappa shape index (κ2) is 9.94. The molecule has 0 spiro atoms. The number of hydrogen-bond donors (Lipinski definition) is 1. The molecule has 0 aliphatic carbocycles. The summed E-state index contributed by atoms with van der Waals surface area (Å²) >= 11 is 5.14. The van der Waals surface area contributed by atoms with Gasteiger partial charge in [0.05, 0.1) is 0 Å². The van der Waals surface area contributed by atoms with E-state index < -0.39 is 0 Å². The van der Waals surface area contributed by atoms with Gasteiger partial charge < -0.3 is 29.3 Å². The molecule has 0 bridgehead atoms. The minimum absolute atomic E-state index is 0. The van der Waals surface area contributed by atoms with Gasteiger partial charge in [0, 0.05) is 0 Å². The number of nitrogens with one attached hydrogen (secondary N) is 1. The summed E-state index contributed by atoms with van der Waals surface area (Å²) in [6, 6.07) is -0.222. The van der Waals surface area contributed by atoms with E-state index >= 15 is 0 Å². The van der Waals surface area contributed by atoms with Crippen molar-refractivity contribution in [1.82, 2.24) is 5.32 Å². The lowest BCUT2D eigenvalue weighted by molar-refractivity contribution is -0.135. The summed E-state index contributed by atoms with van der Waals surface area (Å²) in [5.74, 6) is 0.624. The van der Waals surface area contributed by atoms with Crippen LogP contribution in [-0.2, 0) is 21.9 Å². The minimum atomic E-state index is -0.315. The molecule has 12 heavy (non-hydrogen) atoms. The fourth-order valence-electron chi connectivity index (χ4n) is 0.679. The summed E-state index contributed by atoms with van der Waals surface area (Å²) in [6.07, 6.45) is 2.77. The fourth-order valence-corrected chi connectivity index (χ4v) is 1.28. The molecule has 0 fully saturated rings. The molecule has 3 nitrogen and oxygen atoms in total. The molecule has 0 amide bonds. The van der Waals surface area contributed by atoms with Gasteiger partial charge in [-0.1, -0.05) is 0 Å². The van der Waals surface area contributed by atoms with Gasteiger partial charge in [0.25, 0.3) is 0 Å². The molecule has 0 heterocycles. The summed E-state index contributed by atoms with van der Waals surface area (Å²) in [6.45, 7) is 0. The number of carbonyl (C=O) groups excluding carboxylic acids is 1. The summed E-state index contributed by atoms with van der Waals surface area (Å²) in [4.78, 5) is 10.9. The largest absolute Gasteiger partial charge is 1.00 e. The zero-order chi connectivity index (χ0) is 8.69. The zero-order valence-corrected chi connectivity index (χ0v) is 10.9. The molecule has 1 unspecified atom stereocenters. The number of thiol groups is 1. The quantitative estimate of drug-likeness (QED) is 0.255. The number of carbonyl (C=O) groups is 1. The van der Waals surface area contributed by atoms with Crippen LogP contribution in [0.3, 0.4) is 0 Å². The highest BCUT2D eigenvalue weighted by atomic mass is 127. The SMILES string of the molecule is CNC(CCSC)C(=O)O[SH+].[I-]. The van der Waals surface area contributed by atoms with Gasteiger partial charge in [0.2, 0.25) is 0 Å². The van der Waals surface area contributed by atoms with Gasteiger partial charge in [-0.3, -0.25) is 0 Å². The van der Waals surface area contributed by atoms with Gasteiger partial charge in [-0.2, -0.15) is 15.9 Å². The summed E-state index contributed by atoms with van der Waals surface area (Å²) in [5.41, 5.74) is 0. The first kappa shape index (κ1) is 15.3. The average molecular weight is 322 g/mol. The smallest absolute Gasteiger partial charge is 0.444 e. The van der Waals surface area contributed by atoms with E-state index in [0.717, 1.165) is 12.2 Å². The third kappa shape index (κ3) is 6.38. The summed E-state index contributed by atoms with van der Waals surface area (Å²) in [5, 5.41) is 2.85. The lowest BCUT2D eigenvalue weighted by Crippen LogP contribution is -3.00. The Hall–Kier alpha value is 0.860. The monoisotopic (exact) mass is 322 g/mol. The lowest BCUT2D eigenvalue weighted by Gasteiger charge is -2.08. The van der Waals surface area contributed by atoms with Crippen molar-refractivity contribution in [1.29, 1.82) is 0 Å². The number of halogens is 1. The molecular formula is C6H13INO2S2. The average Bonchev–Trinajstić information content (AvgIpc) is 2.05. The van der Waals surface area contributed by atoms with Crippen molar-refractivity contribution < 1.29 is 33.0 Å². The molecule has 1 N–H and O–H groups in total. The highest BCUT2D eigenvalue weighted by molar-refractivity contribution is 7.98. The highest BCUT2D eigenvalue weighted by Gasteiger charge is 2.19. The lowest BCUT2D eigenvalue weighted by atomic mass is 10.2. The number of hydrogen-bond acceptors (Lipinski definition) is 5. The van der Waals surface area contributed by atoms with E-state index in [1.807, 2.05) is 6.26 Å². The fraction of sp³-hybridized carbons (Fsp3) is 0.833. The Bertz CT molecular complexity index is 126. The first-order chi connectivity index (χ1) is 5.26. The highest BCUT2D eigenvalue weighted by Crippen LogP contribution is 2.01. The molecule has 0 rings (SSSR count). The van der Waals surface area contributed by atoms with Gasteiger partial charge in [0.1, 0.15) is 6.04 Å². The summed E-state index contributed by atoms with van der Waals surface area (Å²) < 4.78 is 4.28. The normalized spacial score (nSPS) is 11.6. The van der Waals surface area contributed by atoms with Crippen LogP contribution >= 0.6 is 11.8 Å². The molecule has 1 radical (unpaired) electrons. The van der Waals surface area contributed by atoms with Crippen LogP contribution in [0.15, 0.2) is 0 Å². The first-order valence-corrected chi connectivity index (χ1v) is 5.03.